The molecule has 0 spiro atoms. The minimum absolute atomic E-state index is 0.771. The molecule has 1 nitrogen and oxygen atoms in total. The van der Waals surface area contributed by atoms with Crippen molar-refractivity contribution in [3.8, 4) is 22.3 Å². The minimum Gasteiger partial charge on any atom is -0.355 e. The Kier molecular flexibility index (Phi) is 7.34. The fourth-order valence-electron chi connectivity index (χ4n) is 6.67. The van der Waals surface area contributed by atoms with Crippen molar-refractivity contribution in [2.45, 2.75) is 6.42 Å². The summed E-state index contributed by atoms with van der Waals surface area (Å²) in [4.78, 5) is 0. The third-order valence-electron chi connectivity index (χ3n) is 8.92. The molecule has 0 unspecified atom stereocenters. The van der Waals surface area contributed by atoms with Crippen molar-refractivity contribution in [3.05, 3.63) is 193 Å². The van der Waals surface area contributed by atoms with Crippen LogP contribution >= 0.6 is 0 Å². The molecule has 0 saturated carbocycles. The lowest BCUT2D eigenvalue weighted by atomic mass is 9.90. The fraction of sp³-hybridized carbons (Fsp3) is 0.0222. The number of hydrogen-bond acceptors (Lipinski definition) is 1. The molecule has 8 aromatic carbocycles. The Labute approximate surface area is 270 Å². The number of rotatable bonds is 7. The number of hydrogen-bond donors (Lipinski definition) is 1. The molecule has 0 atom stereocenters. The first kappa shape index (κ1) is 27.6. The molecule has 218 valence electrons. The maximum absolute atomic E-state index is 3.86. The number of anilines is 1. The number of fused-ring (bicyclic) bond motifs is 4. The van der Waals surface area contributed by atoms with Crippen molar-refractivity contribution >= 4 is 43.7 Å². The van der Waals surface area contributed by atoms with Gasteiger partial charge in [0.2, 0.25) is 0 Å². The lowest BCUT2D eigenvalue weighted by molar-refractivity contribution is 1.27. The highest BCUT2D eigenvalue weighted by Crippen LogP contribution is 2.38. The van der Waals surface area contributed by atoms with Gasteiger partial charge in [0.15, 0.2) is 0 Å². The standard InChI is InChI=1S/C45H33N/c1-4-14-32(15-5-1)36-25-24-35(42(30-36)33-16-6-2-7-17-33)27-29-44(46-38-20-8-3-9-21-38)45-40-23-13-11-19-37(40)31-43-39-22-12-10-18-34(39)26-28-41(43)45/h1-26,28-31,46H,27H2/b44-29-. The van der Waals surface area contributed by atoms with Gasteiger partial charge in [-0.15, -0.1) is 0 Å². The van der Waals surface area contributed by atoms with Crippen LogP contribution in [0.3, 0.4) is 0 Å². The van der Waals surface area contributed by atoms with Gasteiger partial charge < -0.3 is 5.32 Å². The van der Waals surface area contributed by atoms with E-state index in [-0.39, 0.29) is 0 Å². The van der Waals surface area contributed by atoms with E-state index in [4.69, 9.17) is 0 Å². The first-order valence-corrected chi connectivity index (χ1v) is 15.9. The molecule has 0 aromatic heterocycles. The number of para-hydroxylation sites is 1. The quantitative estimate of drug-likeness (QED) is 0.144. The van der Waals surface area contributed by atoms with E-state index in [0.29, 0.717) is 0 Å². The van der Waals surface area contributed by atoms with Gasteiger partial charge in [-0.25, -0.2) is 0 Å². The van der Waals surface area contributed by atoms with E-state index in [0.717, 1.165) is 17.8 Å². The molecular weight excluding hydrogens is 555 g/mol. The van der Waals surface area contributed by atoms with Gasteiger partial charge >= 0.3 is 0 Å². The van der Waals surface area contributed by atoms with Gasteiger partial charge in [-0.2, -0.15) is 0 Å². The molecule has 8 rings (SSSR count). The van der Waals surface area contributed by atoms with Gasteiger partial charge in [0.05, 0.1) is 0 Å². The van der Waals surface area contributed by atoms with Crippen LogP contribution in [0.25, 0.3) is 60.3 Å². The van der Waals surface area contributed by atoms with Crippen molar-refractivity contribution in [2.24, 2.45) is 0 Å². The van der Waals surface area contributed by atoms with Crippen LogP contribution in [-0.4, -0.2) is 0 Å². The summed E-state index contributed by atoms with van der Waals surface area (Å²) in [5.41, 5.74) is 9.62. The Hall–Kier alpha value is -5.92. The Bertz CT molecular complexity index is 2340. The van der Waals surface area contributed by atoms with Crippen molar-refractivity contribution in [1.82, 2.24) is 0 Å². The van der Waals surface area contributed by atoms with Gasteiger partial charge in [0.25, 0.3) is 0 Å². The maximum atomic E-state index is 3.86. The normalized spacial score (nSPS) is 11.7. The summed E-state index contributed by atoms with van der Waals surface area (Å²) in [6.45, 7) is 0. The second kappa shape index (κ2) is 12.2. The van der Waals surface area contributed by atoms with Crippen LogP contribution in [0, 0.1) is 0 Å². The topological polar surface area (TPSA) is 12.0 Å². The SMILES string of the molecule is C(/Cc1ccc(-c2ccccc2)cc1-c1ccccc1)=C(/Nc1ccccc1)c1c2ccccc2cc2c1ccc1ccccc12. The summed E-state index contributed by atoms with van der Waals surface area (Å²) < 4.78 is 0. The number of benzene rings is 8. The summed E-state index contributed by atoms with van der Waals surface area (Å²) in [7, 11) is 0. The average molecular weight is 588 g/mol. The second-order valence-electron chi connectivity index (χ2n) is 11.8. The first-order chi connectivity index (χ1) is 22.8. The maximum Gasteiger partial charge on any atom is 0.0433 e. The monoisotopic (exact) mass is 587 g/mol. The van der Waals surface area contributed by atoms with Crippen molar-refractivity contribution in [3.63, 3.8) is 0 Å². The highest BCUT2D eigenvalue weighted by Gasteiger charge is 2.15. The molecule has 46 heavy (non-hydrogen) atoms. The molecule has 1 N–H and O–H groups in total. The molecule has 0 bridgehead atoms. The van der Waals surface area contributed by atoms with Crippen LogP contribution in [-0.2, 0) is 6.42 Å². The van der Waals surface area contributed by atoms with E-state index in [2.05, 4.69) is 187 Å². The summed E-state index contributed by atoms with van der Waals surface area (Å²) >= 11 is 0. The van der Waals surface area contributed by atoms with Crippen LogP contribution in [0.5, 0.6) is 0 Å². The Morgan fingerprint density at radius 3 is 1.83 bits per heavy atom. The molecule has 0 aliphatic rings. The lowest BCUT2D eigenvalue weighted by Gasteiger charge is -2.19. The molecule has 0 saturated heterocycles. The highest BCUT2D eigenvalue weighted by molar-refractivity contribution is 6.18. The third kappa shape index (κ3) is 5.33. The lowest BCUT2D eigenvalue weighted by Crippen LogP contribution is -2.02. The molecule has 1 heteroatoms. The van der Waals surface area contributed by atoms with E-state index < -0.39 is 0 Å². The Morgan fingerprint density at radius 1 is 0.435 bits per heavy atom. The summed E-state index contributed by atoms with van der Waals surface area (Å²) in [5.74, 6) is 0. The molecule has 8 aromatic rings. The fourth-order valence-corrected chi connectivity index (χ4v) is 6.67. The average Bonchev–Trinajstić information content (AvgIpc) is 3.13. The number of allylic oxidation sites excluding steroid dienone is 1. The van der Waals surface area contributed by atoms with Gasteiger partial charge in [0.1, 0.15) is 0 Å². The van der Waals surface area contributed by atoms with Crippen LogP contribution in [0.1, 0.15) is 11.1 Å². The summed E-state index contributed by atoms with van der Waals surface area (Å²) in [6, 6.07) is 63.2. The molecule has 0 heterocycles. The highest BCUT2D eigenvalue weighted by atomic mass is 14.9. The van der Waals surface area contributed by atoms with Crippen LogP contribution in [0.2, 0.25) is 0 Å². The van der Waals surface area contributed by atoms with Crippen LogP contribution in [0.4, 0.5) is 5.69 Å². The van der Waals surface area contributed by atoms with Crippen molar-refractivity contribution < 1.29 is 0 Å². The van der Waals surface area contributed by atoms with E-state index >= 15 is 0 Å². The predicted octanol–water partition coefficient (Wildman–Crippen LogP) is 12.2. The molecule has 0 amide bonds. The Balaban J connectivity index is 1.34. The van der Waals surface area contributed by atoms with Gasteiger partial charge in [-0.1, -0.05) is 158 Å². The largest absolute Gasteiger partial charge is 0.355 e. The van der Waals surface area contributed by atoms with E-state index in [1.165, 1.54) is 65.7 Å². The molecule has 0 aliphatic heterocycles. The van der Waals surface area contributed by atoms with Gasteiger partial charge in [-0.05, 0) is 90.8 Å². The predicted molar refractivity (Wildman–Crippen MR) is 198 cm³/mol. The third-order valence-corrected chi connectivity index (χ3v) is 8.92. The van der Waals surface area contributed by atoms with Crippen LogP contribution < -0.4 is 5.32 Å². The zero-order valence-corrected chi connectivity index (χ0v) is 25.5. The smallest absolute Gasteiger partial charge is 0.0433 e. The van der Waals surface area contributed by atoms with E-state index in [1.807, 2.05) is 0 Å². The number of nitrogens with one attached hydrogen (secondary N) is 1. The summed E-state index contributed by atoms with van der Waals surface area (Å²) in [6.07, 6.45) is 3.15. The van der Waals surface area contributed by atoms with Gasteiger partial charge in [0, 0.05) is 16.9 Å². The second-order valence-corrected chi connectivity index (χ2v) is 11.8. The molecule has 0 fully saturated rings. The summed E-state index contributed by atoms with van der Waals surface area (Å²) in [5, 5.41) is 11.4. The Morgan fingerprint density at radius 2 is 1.07 bits per heavy atom. The first-order valence-electron chi connectivity index (χ1n) is 15.9. The van der Waals surface area contributed by atoms with E-state index in [1.54, 1.807) is 0 Å². The zero-order chi connectivity index (χ0) is 30.7. The minimum atomic E-state index is 0.771. The van der Waals surface area contributed by atoms with Crippen LogP contribution in [0.15, 0.2) is 182 Å². The van der Waals surface area contributed by atoms with Crippen molar-refractivity contribution in [2.75, 3.05) is 5.32 Å². The van der Waals surface area contributed by atoms with Crippen molar-refractivity contribution in [1.29, 1.82) is 0 Å². The molecular formula is C45H33N. The zero-order valence-electron chi connectivity index (χ0n) is 25.5. The van der Waals surface area contributed by atoms with Gasteiger partial charge in [-0.3, -0.25) is 0 Å². The van der Waals surface area contributed by atoms with E-state index in [9.17, 15) is 0 Å². The molecule has 0 radical (unpaired) electrons. The molecule has 0 aliphatic carbocycles.